The van der Waals surface area contributed by atoms with E-state index in [1.165, 1.54) is 19.3 Å². The van der Waals surface area contributed by atoms with Crippen LogP contribution in [0.4, 0.5) is 0 Å². The molecule has 1 heterocycles. The highest BCUT2D eigenvalue weighted by Crippen LogP contribution is 2.20. The molecule has 1 aliphatic rings. The Morgan fingerprint density at radius 1 is 1.44 bits per heavy atom. The van der Waals surface area contributed by atoms with E-state index < -0.39 is 0 Å². The molecule has 1 rings (SSSR count). The minimum atomic E-state index is -0.0604. The quantitative estimate of drug-likeness (QED) is 0.701. The third-order valence-electron chi connectivity index (χ3n) is 3.73. The van der Waals surface area contributed by atoms with Crippen molar-refractivity contribution < 1.29 is 9.53 Å². The molecule has 0 spiro atoms. The van der Waals surface area contributed by atoms with Crippen molar-refractivity contribution in [2.75, 3.05) is 39.8 Å². The average molecular weight is 256 g/mol. The molecule has 1 N–H and O–H groups in total. The number of rotatable bonds is 7. The van der Waals surface area contributed by atoms with Gasteiger partial charge in [-0.1, -0.05) is 6.92 Å². The Hall–Kier alpha value is -0.610. The number of nitrogens with one attached hydrogen (secondary N) is 1. The summed E-state index contributed by atoms with van der Waals surface area (Å²) in [6.45, 7) is 8.51. The van der Waals surface area contributed by atoms with E-state index in [2.05, 4.69) is 10.2 Å². The second kappa shape index (κ2) is 8.48. The number of nitrogens with zero attached hydrogens (tertiary/aromatic N) is 1. The van der Waals surface area contributed by atoms with Crippen molar-refractivity contribution in [1.82, 2.24) is 10.2 Å². The van der Waals surface area contributed by atoms with Crippen LogP contribution in [-0.2, 0) is 9.53 Å². The minimum Gasteiger partial charge on any atom is -0.466 e. The number of ether oxygens (including phenoxy) is 1. The largest absolute Gasteiger partial charge is 0.466 e. The van der Waals surface area contributed by atoms with Crippen molar-refractivity contribution in [1.29, 1.82) is 0 Å². The normalized spacial score (nSPS) is 19.7. The van der Waals surface area contributed by atoms with E-state index in [1.807, 2.05) is 20.9 Å². The molecule has 0 aromatic carbocycles. The van der Waals surface area contributed by atoms with Crippen molar-refractivity contribution in [2.45, 2.75) is 33.1 Å². The zero-order valence-corrected chi connectivity index (χ0v) is 12.1. The molecule has 0 amide bonds. The van der Waals surface area contributed by atoms with Crippen molar-refractivity contribution in [3.05, 3.63) is 0 Å². The lowest BCUT2D eigenvalue weighted by Gasteiger charge is -2.33. The van der Waals surface area contributed by atoms with Crippen molar-refractivity contribution in [3.63, 3.8) is 0 Å². The van der Waals surface area contributed by atoms with Gasteiger partial charge in [-0.15, -0.1) is 0 Å². The van der Waals surface area contributed by atoms with Crippen LogP contribution in [0.3, 0.4) is 0 Å². The fourth-order valence-corrected chi connectivity index (χ4v) is 2.55. The van der Waals surface area contributed by atoms with Crippen molar-refractivity contribution in [3.8, 4) is 0 Å². The number of esters is 1. The van der Waals surface area contributed by atoms with Gasteiger partial charge in [0.1, 0.15) is 0 Å². The van der Waals surface area contributed by atoms with Gasteiger partial charge in [0.15, 0.2) is 0 Å². The lowest BCUT2D eigenvalue weighted by molar-refractivity contribution is -0.148. The lowest BCUT2D eigenvalue weighted by Crippen LogP contribution is -2.39. The molecule has 4 heteroatoms. The summed E-state index contributed by atoms with van der Waals surface area (Å²) in [7, 11) is 2.01. The molecule has 1 fully saturated rings. The Kier molecular flexibility index (Phi) is 7.28. The van der Waals surface area contributed by atoms with Crippen molar-refractivity contribution in [2.24, 2.45) is 11.8 Å². The minimum absolute atomic E-state index is 0.00110. The molecule has 0 bridgehead atoms. The predicted molar refractivity (Wildman–Crippen MR) is 73.5 cm³/mol. The van der Waals surface area contributed by atoms with E-state index in [0.29, 0.717) is 6.61 Å². The van der Waals surface area contributed by atoms with Crippen LogP contribution in [0.15, 0.2) is 0 Å². The number of likely N-dealkylation sites (tertiary alicyclic amines) is 1. The number of hydrogen-bond donors (Lipinski definition) is 1. The zero-order chi connectivity index (χ0) is 13.4. The van der Waals surface area contributed by atoms with Gasteiger partial charge in [-0.3, -0.25) is 4.79 Å². The summed E-state index contributed by atoms with van der Waals surface area (Å²) < 4.78 is 5.05. The number of piperidine rings is 1. The lowest BCUT2D eigenvalue weighted by atomic mass is 9.93. The molecule has 1 aliphatic heterocycles. The second-order valence-corrected chi connectivity index (χ2v) is 5.29. The fraction of sp³-hybridized carbons (Fsp3) is 0.929. The van der Waals surface area contributed by atoms with Crippen LogP contribution in [0.25, 0.3) is 0 Å². The molecule has 1 atom stereocenters. The molecule has 0 radical (unpaired) electrons. The zero-order valence-electron chi connectivity index (χ0n) is 12.1. The average Bonchev–Trinajstić information content (AvgIpc) is 2.38. The second-order valence-electron chi connectivity index (χ2n) is 5.29. The van der Waals surface area contributed by atoms with Crippen LogP contribution < -0.4 is 5.32 Å². The third kappa shape index (κ3) is 5.36. The number of carbonyl (C=O) groups excluding carboxylic acids is 1. The van der Waals surface area contributed by atoms with Crippen LogP contribution in [0.2, 0.25) is 0 Å². The summed E-state index contributed by atoms with van der Waals surface area (Å²) in [5.41, 5.74) is 0. The summed E-state index contributed by atoms with van der Waals surface area (Å²) in [4.78, 5) is 14.0. The van der Waals surface area contributed by atoms with Gasteiger partial charge >= 0.3 is 5.97 Å². The predicted octanol–water partition coefficient (Wildman–Crippen LogP) is 1.51. The molecular weight excluding hydrogens is 228 g/mol. The van der Waals surface area contributed by atoms with Crippen LogP contribution >= 0.6 is 0 Å². The smallest absolute Gasteiger partial charge is 0.309 e. The Labute approximate surface area is 111 Å². The first-order chi connectivity index (χ1) is 8.67. The van der Waals surface area contributed by atoms with Crippen LogP contribution in [-0.4, -0.2) is 50.7 Å². The van der Waals surface area contributed by atoms with Gasteiger partial charge < -0.3 is 15.0 Å². The molecule has 0 aromatic heterocycles. The van der Waals surface area contributed by atoms with E-state index in [4.69, 9.17) is 4.74 Å². The van der Waals surface area contributed by atoms with E-state index in [9.17, 15) is 4.79 Å². The monoisotopic (exact) mass is 256 g/mol. The highest BCUT2D eigenvalue weighted by molar-refractivity contribution is 5.72. The topological polar surface area (TPSA) is 41.6 Å². The van der Waals surface area contributed by atoms with E-state index in [1.54, 1.807) is 0 Å². The molecule has 1 unspecified atom stereocenters. The van der Waals surface area contributed by atoms with Gasteiger partial charge in [-0.05, 0) is 58.8 Å². The van der Waals surface area contributed by atoms with Gasteiger partial charge in [-0.25, -0.2) is 0 Å². The molecule has 0 saturated carbocycles. The summed E-state index contributed by atoms with van der Waals surface area (Å²) >= 11 is 0. The Morgan fingerprint density at radius 3 is 2.67 bits per heavy atom. The van der Waals surface area contributed by atoms with E-state index in [-0.39, 0.29) is 11.9 Å². The highest BCUT2D eigenvalue weighted by Gasteiger charge is 2.23. The Bertz CT molecular complexity index is 238. The molecule has 0 aliphatic carbocycles. The van der Waals surface area contributed by atoms with Gasteiger partial charge in [0.25, 0.3) is 0 Å². The maximum Gasteiger partial charge on any atom is 0.309 e. The molecule has 18 heavy (non-hydrogen) atoms. The first-order valence-corrected chi connectivity index (χ1v) is 7.21. The summed E-state index contributed by atoms with van der Waals surface area (Å²) in [6.07, 6.45) is 3.80. The summed E-state index contributed by atoms with van der Waals surface area (Å²) in [5.74, 6) is 0.792. The van der Waals surface area contributed by atoms with Crippen LogP contribution in [0.1, 0.15) is 33.1 Å². The molecular formula is C14H28N2O2. The highest BCUT2D eigenvalue weighted by atomic mass is 16.5. The van der Waals surface area contributed by atoms with Crippen LogP contribution in [0, 0.1) is 11.8 Å². The third-order valence-corrected chi connectivity index (χ3v) is 3.73. The standard InChI is InChI=1S/C14H28N2O2/c1-4-18-14(17)12(2)11-16-9-6-13(7-10-16)5-8-15-3/h12-13,15H,4-11H2,1-3H3. The van der Waals surface area contributed by atoms with Gasteiger partial charge in [-0.2, -0.15) is 0 Å². The summed E-state index contributed by atoms with van der Waals surface area (Å²) in [6, 6.07) is 0. The fourth-order valence-electron chi connectivity index (χ4n) is 2.55. The van der Waals surface area contributed by atoms with Gasteiger partial charge in [0.05, 0.1) is 12.5 Å². The molecule has 1 saturated heterocycles. The van der Waals surface area contributed by atoms with E-state index in [0.717, 1.165) is 32.1 Å². The maximum absolute atomic E-state index is 11.6. The van der Waals surface area contributed by atoms with Gasteiger partial charge in [0, 0.05) is 6.54 Å². The molecule has 106 valence electrons. The van der Waals surface area contributed by atoms with Gasteiger partial charge in [0.2, 0.25) is 0 Å². The molecule has 4 nitrogen and oxygen atoms in total. The van der Waals surface area contributed by atoms with E-state index >= 15 is 0 Å². The number of hydrogen-bond acceptors (Lipinski definition) is 4. The van der Waals surface area contributed by atoms with Crippen molar-refractivity contribution >= 4 is 5.97 Å². The number of carbonyl (C=O) groups is 1. The summed E-state index contributed by atoms with van der Waals surface area (Å²) in [5, 5.41) is 3.21. The Balaban J connectivity index is 2.20. The van der Waals surface area contributed by atoms with Crippen LogP contribution in [0.5, 0.6) is 0 Å². The first-order valence-electron chi connectivity index (χ1n) is 7.21. The Morgan fingerprint density at radius 2 is 2.11 bits per heavy atom. The first kappa shape index (κ1) is 15.4. The maximum atomic E-state index is 11.6. The molecule has 0 aromatic rings. The SMILES string of the molecule is CCOC(=O)C(C)CN1CCC(CCNC)CC1.